The van der Waals surface area contributed by atoms with Crippen LogP contribution in [-0.4, -0.2) is 22.5 Å². The van der Waals surface area contributed by atoms with Gasteiger partial charge in [0.1, 0.15) is 11.3 Å². The molecule has 0 aliphatic carbocycles. The fraction of sp³-hybridized carbons (Fsp3) is 0.100. The van der Waals surface area contributed by atoms with Crippen molar-refractivity contribution in [2.75, 3.05) is 6.26 Å². The summed E-state index contributed by atoms with van der Waals surface area (Å²) in [7, 11) is 0. The molecular weight excluding hydrogens is 283 g/mol. The van der Waals surface area contributed by atoms with Crippen molar-refractivity contribution in [3.63, 3.8) is 0 Å². The maximum Gasteiger partial charge on any atom is 0.341 e. The molecular formula is C10H6F3N3O2S. The molecule has 2 N–H and O–H groups in total. The number of nitriles is 1. The van der Waals surface area contributed by atoms with Gasteiger partial charge in [-0.3, -0.25) is 5.32 Å². The molecule has 0 aromatic heterocycles. The number of benzene rings is 1. The minimum Gasteiger partial charge on any atom is -0.477 e. The third-order valence-corrected chi connectivity index (χ3v) is 2.51. The lowest BCUT2D eigenvalue weighted by molar-refractivity contribution is 0.0685. The molecule has 0 fully saturated rings. The highest BCUT2D eigenvalue weighted by Crippen LogP contribution is 2.27. The molecule has 0 aliphatic rings. The largest absolute Gasteiger partial charge is 0.477 e. The number of carboxylic acids is 1. The highest BCUT2D eigenvalue weighted by atomic mass is 32.2. The zero-order valence-corrected chi connectivity index (χ0v) is 10.2. The zero-order chi connectivity index (χ0) is 14.6. The molecule has 0 bridgehead atoms. The summed E-state index contributed by atoms with van der Waals surface area (Å²) in [5.41, 5.74) is -2.15. The van der Waals surface area contributed by atoms with Crippen molar-refractivity contribution in [3.8, 4) is 6.19 Å². The Bertz CT molecular complexity index is 599. The molecule has 5 nitrogen and oxygen atoms in total. The van der Waals surface area contributed by atoms with Crippen LogP contribution in [0.25, 0.3) is 0 Å². The molecule has 0 radical (unpaired) electrons. The van der Waals surface area contributed by atoms with Crippen molar-refractivity contribution in [2.24, 2.45) is 4.99 Å². The Kier molecular flexibility index (Phi) is 4.77. The summed E-state index contributed by atoms with van der Waals surface area (Å²) in [5, 5.41) is 19.0. The van der Waals surface area contributed by atoms with E-state index in [4.69, 9.17) is 10.4 Å². The summed E-state index contributed by atoms with van der Waals surface area (Å²) < 4.78 is 40.0. The van der Waals surface area contributed by atoms with E-state index in [2.05, 4.69) is 10.3 Å². The van der Waals surface area contributed by atoms with Gasteiger partial charge in [0.15, 0.2) is 28.8 Å². The van der Waals surface area contributed by atoms with Crippen molar-refractivity contribution < 1.29 is 23.1 Å². The first-order valence-corrected chi connectivity index (χ1v) is 5.83. The van der Waals surface area contributed by atoms with Crippen LogP contribution in [0.5, 0.6) is 0 Å². The number of aliphatic imine (C=N–C) groups is 1. The standard InChI is InChI=1S/C10H6F3N3O2S/c1-19-10(15-3-14)16-5-2-4(11)7(12)6(8(5)13)9(17)18/h2H,1H3,(H,15,16)(H,17,18). The van der Waals surface area contributed by atoms with Crippen molar-refractivity contribution in [2.45, 2.75) is 0 Å². The van der Waals surface area contributed by atoms with E-state index >= 15 is 0 Å². The van der Waals surface area contributed by atoms with Gasteiger partial charge in [0.25, 0.3) is 0 Å². The molecule has 0 unspecified atom stereocenters. The molecule has 0 heterocycles. The van der Waals surface area contributed by atoms with Crippen LogP contribution in [0, 0.1) is 28.9 Å². The van der Waals surface area contributed by atoms with Crippen LogP contribution >= 0.6 is 11.8 Å². The second-order valence-electron chi connectivity index (χ2n) is 3.04. The van der Waals surface area contributed by atoms with Crippen LogP contribution in [0.2, 0.25) is 0 Å². The number of amidine groups is 1. The van der Waals surface area contributed by atoms with E-state index in [-0.39, 0.29) is 5.17 Å². The number of rotatable bonds is 2. The number of carboxylic acid groups (broad SMARTS) is 1. The lowest BCUT2D eigenvalue weighted by atomic mass is 10.1. The average molecular weight is 289 g/mol. The number of aromatic carboxylic acids is 1. The lowest BCUT2D eigenvalue weighted by Gasteiger charge is -2.05. The molecule has 19 heavy (non-hydrogen) atoms. The van der Waals surface area contributed by atoms with Crippen LogP contribution in [0.1, 0.15) is 10.4 Å². The van der Waals surface area contributed by atoms with Crippen molar-refractivity contribution in [1.82, 2.24) is 5.32 Å². The van der Waals surface area contributed by atoms with Gasteiger partial charge in [-0.05, 0) is 6.26 Å². The Balaban J connectivity index is 3.46. The smallest absolute Gasteiger partial charge is 0.341 e. The van der Waals surface area contributed by atoms with E-state index in [9.17, 15) is 18.0 Å². The Morgan fingerprint density at radius 1 is 1.47 bits per heavy atom. The van der Waals surface area contributed by atoms with Crippen LogP contribution in [0.4, 0.5) is 18.9 Å². The predicted molar refractivity (Wildman–Crippen MR) is 62.6 cm³/mol. The third-order valence-electron chi connectivity index (χ3n) is 1.93. The van der Waals surface area contributed by atoms with Crippen molar-refractivity contribution in [3.05, 3.63) is 29.1 Å². The molecule has 0 aliphatic heterocycles. The van der Waals surface area contributed by atoms with Gasteiger partial charge in [-0.1, -0.05) is 11.8 Å². The van der Waals surface area contributed by atoms with Gasteiger partial charge >= 0.3 is 5.97 Å². The van der Waals surface area contributed by atoms with E-state index < -0.39 is 34.7 Å². The quantitative estimate of drug-likeness (QED) is 0.287. The van der Waals surface area contributed by atoms with Gasteiger partial charge in [0, 0.05) is 6.07 Å². The summed E-state index contributed by atoms with van der Waals surface area (Å²) in [6.07, 6.45) is 3.01. The Hall–Kier alpha value is -2.21. The first-order valence-electron chi connectivity index (χ1n) is 4.61. The topological polar surface area (TPSA) is 85.5 Å². The minimum absolute atomic E-state index is 0.0938. The minimum atomic E-state index is -1.95. The molecule has 0 atom stereocenters. The first-order chi connectivity index (χ1) is 8.92. The Morgan fingerprint density at radius 2 is 2.11 bits per heavy atom. The van der Waals surface area contributed by atoms with Gasteiger partial charge in [-0.25, -0.2) is 23.0 Å². The number of thioether (sulfide) groups is 1. The maximum atomic E-state index is 13.7. The molecule has 0 amide bonds. The van der Waals surface area contributed by atoms with E-state index in [1.54, 1.807) is 0 Å². The SMILES string of the molecule is CSC(=Nc1cc(F)c(F)c(C(=O)O)c1F)NC#N. The van der Waals surface area contributed by atoms with E-state index in [0.717, 1.165) is 11.8 Å². The highest BCUT2D eigenvalue weighted by molar-refractivity contribution is 8.13. The van der Waals surface area contributed by atoms with Crippen LogP contribution < -0.4 is 5.32 Å². The second-order valence-corrected chi connectivity index (χ2v) is 3.84. The summed E-state index contributed by atoms with van der Waals surface area (Å²) in [6, 6.07) is 0.409. The summed E-state index contributed by atoms with van der Waals surface area (Å²) >= 11 is 0.908. The summed E-state index contributed by atoms with van der Waals surface area (Å²) in [4.78, 5) is 14.2. The number of nitrogens with one attached hydrogen (secondary N) is 1. The normalized spacial score (nSPS) is 11.0. The van der Waals surface area contributed by atoms with Crippen LogP contribution in [0.3, 0.4) is 0 Å². The van der Waals surface area contributed by atoms with Crippen LogP contribution in [-0.2, 0) is 0 Å². The number of carbonyl (C=O) groups is 1. The highest BCUT2D eigenvalue weighted by Gasteiger charge is 2.24. The van der Waals surface area contributed by atoms with Crippen molar-refractivity contribution in [1.29, 1.82) is 5.26 Å². The lowest BCUT2D eigenvalue weighted by Crippen LogP contribution is -2.13. The van der Waals surface area contributed by atoms with E-state index in [1.807, 2.05) is 0 Å². The first kappa shape index (κ1) is 14.8. The van der Waals surface area contributed by atoms with Gasteiger partial charge in [-0.2, -0.15) is 5.26 Å². The molecule has 9 heteroatoms. The number of nitrogens with zero attached hydrogens (tertiary/aromatic N) is 2. The second kappa shape index (κ2) is 6.10. The molecule has 1 rings (SSSR count). The monoisotopic (exact) mass is 289 g/mol. The third kappa shape index (κ3) is 3.17. The number of halogens is 3. The Labute approximate surface area is 109 Å². The van der Waals surface area contributed by atoms with E-state index in [1.165, 1.54) is 12.4 Å². The molecule has 1 aromatic carbocycles. The number of hydrogen-bond donors (Lipinski definition) is 2. The molecule has 0 spiro atoms. The molecule has 1 aromatic rings. The maximum absolute atomic E-state index is 13.7. The van der Waals surface area contributed by atoms with Crippen LogP contribution in [0.15, 0.2) is 11.1 Å². The summed E-state index contributed by atoms with van der Waals surface area (Å²) in [6.45, 7) is 0. The van der Waals surface area contributed by atoms with Gasteiger partial charge < -0.3 is 5.11 Å². The Morgan fingerprint density at radius 3 is 2.58 bits per heavy atom. The summed E-state index contributed by atoms with van der Waals surface area (Å²) in [5.74, 6) is -6.82. The average Bonchev–Trinajstić information content (AvgIpc) is 2.34. The predicted octanol–water partition coefficient (Wildman–Crippen LogP) is 2.22. The van der Waals surface area contributed by atoms with Gasteiger partial charge in [-0.15, -0.1) is 0 Å². The molecule has 0 saturated carbocycles. The molecule has 0 saturated heterocycles. The number of hydrogen-bond acceptors (Lipinski definition) is 4. The van der Waals surface area contributed by atoms with Gasteiger partial charge in [0.05, 0.1) is 0 Å². The zero-order valence-electron chi connectivity index (χ0n) is 9.37. The fourth-order valence-electron chi connectivity index (χ4n) is 1.14. The van der Waals surface area contributed by atoms with Gasteiger partial charge in [0.2, 0.25) is 0 Å². The van der Waals surface area contributed by atoms with E-state index in [0.29, 0.717) is 6.07 Å². The molecule has 100 valence electrons. The van der Waals surface area contributed by atoms with Crippen molar-refractivity contribution >= 4 is 28.6 Å². The fourth-order valence-corrected chi connectivity index (χ4v) is 1.48.